The van der Waals surface area contributed by atoms with E-state index in [1.165, 1.54) is 17.0 Å². The van der Waals surface area contributed by atoms with Crippen LogP contribution >= 0.6 is 0 Å². The maximum Gasteiger partial charge on any atom is 0.294 e. The van der Waals surface area contributed by atoms with Gasteiger partial charge in [0.1, 0.15) is 5.69 Å². The summed E-state index contributed by atoms with van der Waals surface area (Å²) in [6.45, 7) is 5.71. The van der Waals surface area contributed by atoms with Crippen LogP contribution in [0.5, 0.6) is 0 Å². The van der Waals surface area contributed by atoms with Gasteiger partial charge in [-0.2, -0.15) is 0 Å². The summed E-state index contributed by atoms with van der Waals surface area (Å²) >= 11 is 0. The number of carbonyl (C=O) groups is 1. The molecule has 21 heavy (non-hydrogen) atoms. The number of nitro benzene ring substituents is 1. The van der Waals surface area contributed by atoms with Gasteiger partial charge in [0.2, 0.25) is 5.91 Å². The van der Waals surface area contributed by atoms with E-state index in [0.29, 0.717) is 17.7 Å². The number of carbonyl (C=O) groups excluding carboxylic acids is 1. The molecule has 2 rings (SSSR count). The number of rotatable bonds is 2. The molecule has 6 heteroatoms. The highest BCUT2D eigenvalue weighted by atomic mass is 16.6. The van der Waals surface area contributed by atoms with Crippen molar-refractivity contribution in [3.63, 3.8) is 0 Å². The van der Waals surface area contributed by atoms with E-state index in [2.05, 4.69) is 11.8 Å². The van der Waals surface area contributed by atoms with E-state index in [1.54, 1.807) is 13.8 Å². The second-order valence-corrected chi connectivity index (χ2v) is 5.41. The molecule has 110 valence electrons. The standard InChI is InChI=1S/C15H17N3O3/c1-4-5-6-7-17-12-9-13(18(20)21)11(16)8-10(12)15(2,3)14(17)19/h8-9H,4,7,16H2,1-3H3. The summed E-state index contributed by atoms with van der Waals surface area (Å²) in [5.41, 5.74) is 6.08. The van der Waals surface area contributed by atoms with Crippen LogP contribution in [0.4, 0.5) is 17.1 Å². The predicted octanol–water partition coefficient (Wildman–Crippen LogP) is 2.21. The minimum atomic E-state index is -0.757. The lowest BCUT2D eigenvalue weighted by molar-refractivity contribution is -0.383. The van der Waals surface area contributed by atoms with Gasteiger partial charge in [0, 0.05) is 12.5 Å². The first kappa shape index (κ1) is 14.9. The highest BCUT2D eigenvalue weighted by Crippen LogP contribution is 2.45. The van der Waals surface area contributed by atoms with Gasteiger partial charge in [0.25, 0.3) is 5.69 Å². The molecule has 0 aliphatic carbocycles. The average molecular weight is 287 g/mol. The monoisotopic (exact) mass is 287 g/mol. The minimum absolute atomic E-state index is 0.0705. The zero-order valence-electron chi connectivity index (χ0n) is 12.3. The van der Waals surface area contributed by atoms with E-state index >= 15 is 0 Å². The van der Waals surface area contributed by atoms with Gasteiger partial charge in [-0.15, -0.1) is 5.92 Å². The van der Waals surface area contributed by atoms with Crippen LogP contribution in [0.25, 0.3) is 0 Å². The molecule has 0 atom stereocenters. The van der Waals surface area contributed by atoms with Gasteiger partial charge >= 0.3 is 0 Å². The van der Waals surface area contributed by atoms with Gasteiger partial charge in [-0.25, -0.2) is 0 Å². The van der Waals surface area contributed by atoms with Crippen LogP contribution in [-0.4, -0.2) is 17.4 Å². The van der Waals surface area contributed by atoms with Gasteiger partial charge in [0.05, 0.1) is 22.6 Å². The second kappa shape index (κ2) is 5.09. The Balaban J connectivity index is 2.58. The molecular weight excluding hydrogens is 270 g/mol. The first-order valence-corrected chi connectivity index (χ1v) is 6.66. The molecule has 0 fully saturated rings. The zero-order valence-corrected chi connectivity index (χ0v) is 12.3. The lowest BCUT2D eigenvalue weighted by Crippen LogP contribution is -2.36. The summed E-state index contributed by atoms with van der Waals surface area (Å²) in [7, 11) is 0. The van der Waals surface area contributed by atoms with Crippen molar-refractivity contribution in [2.75, 3.05) is 17.2 Å². The third kappa shape index (κ3) is 2.31. The van der Waals surface area contributed by atoms with Crippen molar-refractivity contribution in [3.05, 3.63) is 27.8 Å². The molecule has 0 saturated carbocycles. The van der Waals surface area contributed by atoms with Crippen LogP contribution < -0.4 is 10.6 Å². The van der Waals surface area contributed by atoms with Gasteiger partial charge < -0.3 is 5.73 Å². The van der Waals surface area contributed by atoms with Crippen LogP contribution in [0.15, 0.2) is 12.1 Å². The Kier molecular flexibility index (Phi) is 3.60. The molecular formula is C15H17N3O3. The number of hydrogen-bond donors (Lipinski definition) is 1. The summed E-state index contributed by atoms with van der Waals surface area (Å²) < 4.78 is 0. The zero-order chi connectivity index (χ0) is 15.8. The third-order valence-corrected chi connectivity index (χ3v) is 3.62. The van der Waals surface area contributed by atoms with Gasteiger partial charge in [-0.3, -0.25) is 19.8 Å². The van der Waals surface area contributed by atoms with Crippen LogP contribution in [0.3, 0.4) is 0 Å². The number of nitrogens with zero attached hydrogens (tertiary/aromatic N) is 2. The Morgan fingerprint density at radius 1 is 1.38 bits per heavy atom. The molecule has 1 aliphatic rings. The Hall–Kier alpha value is -2.55. The maximum atomic E-state index is 12.5. The number of hydrogen-bond acceptors (Lipinski definition) is 4. The molecule has 0 spiro atoms. The smallest absolute Gasteiger partial charge is 0.294 e. The number of anilines is 2. The molecule has 1 amide bonds. The lowest BCUT2D eigenvalue weighted by atomic mass is 9.86. The van der Waals surface area contributed by atoms with E-state index in [-0.39, 0.29) is 23.8 Å². The summed E-state index contributed by atoms with van der Waals surface area (Å²) in [5.74, 6) is 5.68. The summed E-state index contributed by atoms with van der Waals surface area (Å²) in [5, 5.41) is 11.0. The number of nitrogen functional groups attached to an aromatic ring is 1. The molecule has 0 saturated heterocycles. The number of fused-ring (bicyclic) bond motifs is 1. The van der Waals surface area contributed by atoms with E-state index in [0.717, 1.165) is 0 Å². The van der Waals surface area contributed by atoms with Crippen molar-refractivity contribution in [1.29, 1.82) is 0 Å². The van der Waals surface area contributed by atoms with E-state index < -0.39 is 10.3 Å². The van der Waals surface area contributed by atoms with Gasteiger partial charge in [-0.1, -0.05) is 12.8 Å². The van der Waals surface area contributed by atoms with Crippen molar-refractivity contribution in [3.8, 4) is 11.8 Å². The fraction of sp³-hybridized carbons (Fsp3) is 0.400. The fourth-order valence-corrected chi connectivity index (χ4v) is 2.45. The molecule has 1 heterocycles. The molecule has 0 radical (unpaired) electrons. The minimum Gasteiger partial charge on any atom is -0.393 e. The topological polar surface area (TPSA) is 89.5 Å². The largest absolute Gasteiger partial charge is 0.393 e. The molecule has 2 N–H and O–H groups in total. The van der Waals surface area contributed by atoms with Crippen LogP contribution in [-0.2, 0) is 10.2 Å². The lowest BCUT2D eigenvalue weighted by Gasteiger charge is -2.18. The van der Waals surface area contributed by atoms with E-state index in [9.17, 15) is 14.9 Å². The molecule has 1 aliphatic heterocycles. The number of benzene rings is 1. The quantitative estimate of drug-likeness (QED) is 0.391. The normalized spacial score (nSPS) is 15.4. The summed E-state index contributed by atoms with van der Waals surface area (Å²) in [4.78, 5) is 24.5. The first-order chi connectivity index (χ1) is 9.80. The second-order valence-electron chi connectivity index (χ2n) is 5.41. The van der Waals surface area contributed by atoms with Crippen molar-refractivity contribution in [2.45, 2.75) is 32.6 Å². The van der Waals surface area contributed by atoms with Crippen molar-refractivity contribution >= 4 is 23.0 Å². The highest BCUT2D eigenvalue weighted by molar-refractivity contribution is 6.08. The van der Waals surface area contributed by atoms with E-state index in [1.807, 2.05) is 6.92 Å². The Labute approximate surface area is 123 Å². The van der Waals surface area contributed by atoms with Crippen LogP contribution in [0.1, 0.15) is 32.8 Å². The van der Waals surface area contributed by atoms with Crippen LogP contribution in [0.2, 0.25) is 0 Å². The molecule has 1 aromatic carbocycles. The molecule has 0 unspecified atom stereocenters. The van der Waals surface area contributed by atoms with Crippen molar-refractivity contribution < 1.29 is 9.72 Å². The SMILES string of the molecule is CCC#CCN1C(=O)C(C)(C)c2cc(N)c([N+](=O)[O-])cc21. The number of nitrogens with two attached hydrogens (primary N) is 1. The Morgan fingerprint density at radius 3 is 2.62 bits per heavy atom. The average Bonchev–Trinajstić information content (AvgIpc) is 2.59. The maximum absolute atomic E-state index is 12.5. The van der Waals surface area contributed by atoms with Gasteiger partial charge in [-0.05, 0) is 25.5 Å². The fourth-order valence-electron chi connectivity index (χ4n) is 2.45. The van der Waals surface area contributed by atoms with Crippen molar-refractivity contribution in [1.82, 2.24) is 0 Å². The number of nitro groups is 1. The summed E-state index contributed by atoms with van der Waals surface area (Å²) in [6, 6.07) is 2.89. The summed E-state index contributed by atoms with van der Waals surface area (Å²) in [6.07, 6.45) is 0.695. The first-order valence-electron chi connectivity index (χ1n) is 6.66. The number of amides is 1. The molecule has 6 nitrogen and oxygen atoms in total. The third-order valence-electron chi connectivity index (χ3n) is 3.62. The highest BCUT2D eigenvalue weighted by Gasteiger charge is 2.44. The Bertz CT molecular complexity index is 683. The molecule has 0 aromatic heterocycles. The molecule has 1 aromatic rings. The van der Waals surface area contributed by atoms with Crippen molar-refractivity contribution in [2.24, 2.45) is 0 Å². The van der Waals surface area contributed by atoms with Crippen LogP contribution in [0, 0.1) is 22.0 Å². The van der Waals surface area contributed by atoms with Gasteiger partial charge in [0.15, 0.2) is 0 Å². The Morgan fingerprint density at radius 2 is 2.05 bits per heavy atom. The van der Waals surface area contributed by atoms with E-state index in [4.69, 9.17) is 5.73 Å². The predicted molar refractivity (Wildman–Crippen MR) is 81.0 cm³/mol. The molecule has 0 bridgehead atoms.